The summed E-state index contributed by atoms with van der Waals surface area (Å²) in [6, 6.07) is 7.46. The third-order valence-corrected chi connectivity index (χ3v) is 1.74. The Balaban J connectivity index is 2.73. The number of carbonyl (C=O) groups is 1. The Morgan fingerprint density at radius 3 is 2.85 bits per heavy atom. The van der Waals surface area contributed by atoms with Crippen molar-refractivity contribution < 1.29 is 4.79 Å². The van der Waals surface area contributed by atoms with Crippen molar-refractivity contribution in [2.24, 2.45) is 0 Å². The molecule has 0 unspecified atom stereocenters. The van der Waals surface area contributed by atoms with Gasteiger partial charge in [0, 0.05) is 11.3 Å². The van der Waals surface area contributed by atoms with Crippen molar-refractivity contribution >= 4 is 11.5 Å². The lowest BCUT2D eigenvalue weighted by Gasteiger charge is -2.05. The number of carbonyl (C=O) groups excluding carboxylic acids is 1. The van der Waals surface area contributed by atoms with E-state index < -0.39 is 0 Å². The van der Waals surface area contributed by atoms with Crippen molar-refractivity contribution in [3.63, 3.8) is 0 Å². The average molecular weight is 178 g/mol. The molecule has 0 bridgehead atoms. The highest BCUT2D eigenvalue weighted by atomic mass is 16.1. The Morgan fingerprint density at radius 1 is 1.46 bits per heavy atom. The predicted molar refractivity (Wildman–Crippen MR) is 54.0 cm³/mol. The first-order valence-electron chi connectivity index (χ1n) is 4.23. The van der Waals surface area contributed by atoms with Crippen molar-refractivity contribution in [3.05, 3.63) is 29.8 Å². The maximum Gasteiger partial charge on any atom is 0.159 e. The van der Waals surface area contributed by atoms with Gasteiger partial charge in [-0.25, -0.2) is 0 Å². The van der Waals surface area contributed by atoms with Crippen LogP contribution in [0.2, 0.25) is 0 Å². The molecule has 0 heterocycles. The number of nitrogens with one attached hydrogen (secondary N) is 2. The Bertz CT molecular complexity index is 297. The SMILES string of the molecule is CNCNc1cccc(C(C)=O)c1. The van der Waals surface area contributed by atoms with Gasteiger partial charge in [0.2, 0.25) is 0 Å². The molecule has 1 aromatic rings. The molecule has 3 heteroatoms. The van der Waals surface area contributed by atoms with Gasteiger partial charge in [0.05, 0.1) is 6.67 Å². The Hall–Kier alpha value is -1.35. The Morgan fingerprint density at radius 2 is 2.23 bits per heavy atom. The third kappa shape index (κ3) is 2.87. The molecular formula is C10H14N2O. The number of Topliss-reactive ketones (excluding diaryl/α,β-unsaturated/α-hetero) is 1. The van der Waals surface area contributed by atoms with Crippen LogP contribution >= 0.6 is 0 Å². The van der Waals surface area contributed by atoms with Gasteiger partial charge in [0.15, 0.2) is 5.78 Å². The fraction of sp³-hybridized carbons (Fsp3) is 0.300. The van der Waals surface area contributed by atoms with Crippen LogP contribution in [0.5, 0.6) is 0 Å². The van der Waals surface area contributed by atoms with E-state index >= 15 is 0 Å². The average Bonchev–Trinajstić information content (AvgIpc) is 2.15. The maximum absolute atomic E-state index is 11.0. The fourth-order valence-electron chi connectivity index (χ4n) is 1.04. The van der Waals surface area contributed by atoms with Gasteiger partial charge in [0.1, 0.15) is 0 Å². The zero-order valence-corrected chi connectivity index (χ0v) is 7.92. The zero-order valence-electron chi connectivity index (χ0n) is 7.92. The van der Waals surface area contributed by atoms with E-state index in [-0.39, 0.29) is 5.78 Å². The summed E-state index contributed by atoms with van der Waals surface area (Å²) in [6.07, 6.45) is 0. The summed E-state index contributed by atoms with van der Waals surface area (Å²) < 4.78 is 0. The molecule has 0 saturated carbocycles. The van der Waals surface area contributed by atoms with Crippen LogP contribution in [0, 0.1) is 0 Å². The van der Waals surface area contributed by atoms with Crippen LogP contribution in [0.15, 0.2) is 24.3 Å². The lowest BCUT2D eigenvalue weighted by atomic mass is 10.1. The minimum atomic E-state index is 0.0908. The van der Waals surface area contributed by atoms with E-state index in [0.29, 0.717) is 6.67 Å². The van der Waals surface area contributed by atoms with Crippen molar-refractivity contribution in [2.75, 3.05) is 19.0 Å². The number of anilines is 1. The van der Waals surface area contributed by atoms with Gasteiger partial charge < -0.3 is 10.6 Å². The number of hydrogen-bond donors (Lipinski definition) is 2. The van der Waals surface area contributed by atoms with Crippen molar-refractivity contribution in [3.8, 4) is 0 Å². The van der Waals surface area contributed by atoms with E-state index in [9.17, 15) is 4.79 Å². The van der Waals surface area contributed by atoms with E-state index in [1.807, 2.05) is 31.3 Å². The largest absolute Gasteiger partial charge is 0.372 e. The molecule has 0 spiro atoms. The highest BCUT2D eigenvalue weighted by Crippen LogP contribution is 2.10. The molecule has 0 aliphatic rings. The summed E-state index contributed by atoms with van der Waals surface area (Å²) in [7, 11) is 1.86. The van der Waals surface area contributed by atoms with Crippen LogP contribution < -0.4 is 10.6 Å². The summed E-state index contributed by atoms with van der Waals surface area (Å²) in [5.41, 5.74) is 1.70. The van der Waals surface area contributed by atoms with E-state index in [1.54, 1.807) is 6.92 Å². The molecule has 0 aliphatic heterocycles. The smallest absolute Gasteiger partial charge is 0.159 e. The molecule has 0 fully saturated rings. The van der Waals surface area contributed by atoms with Crippen LogP contribution in [0.4, 0.5) is 5.69 Å². The summed E-state index contributed by atoms with van der Waals surface area (Å²) >= 11 is 0. The second kappa shape index (κ2) is 4.62. The van der Waals surface area contributed by atoms with Crippen molar-refractivity contribution in [2.45, 2.75) is 6.92 Å². The topological polar surface area (TPSA) is 41.1 Å². The standard InChI is InChI=1S/C10H14N2O/c1-8(13)9-4-3-5-10(6-9)12-7-11-2/h3-6,11-12H,7H2,1-2H3. The molecule has 0 atom stereocenters. The normalized spacial score (nSPS) is 9.69. The molecule has 3 nitrogen and oxygen atoms in total. The second-order valence-corrected chi connectivity index (χ2v) is 2.84. The molecule has 70 valence electrons. The first-order chi connectivity index (χ1) is 6.24. The number of benzene rings is 1. The molecule has 0 aliphatic carbocycles. The number of ketones is 1. The Labute approximate surface area is 78.2 Å². The van der Waals surface area contributed by atoms with Crippen LogP contribution in [-0.4, -0.2) is 19.5 Å². The lowest BCUT2D eigenvalue weighted by molar-refractivity contribution is 0.101. The van der Waals surface area contributed by atoms with E-state index in [1.165, 1.54) is 0 Å². The number of hydrogen-bond acceptors (Lipinski definition) is 3. The first kappa shape index (κ1) is 9.74. The monoisotopic (exact) mass is 178 g/mol. The van der Waals surface area contributed by atoms with Crippen LogP contribution in [0.3, 0.4) is 0 Å². The molecule has 1 rings (SSSR count). The molecule has 13 heavy (non-hydrogen) atoms. The van der Waals surface area contributed by atoms with E-state index in [0.717, 1.165) is 11.3 Å². The van der Waals surface area contributed by atoms with Gasteiger partial charge in [-0.1, -0.05) is 12.1 Å². The fourth-order valence-corrected chi connectivity index (χ4v) is 1.04. The molecular weight excluding hydrogens is 164 g/mol. The molecule has 0 saturated heterocycles. The van der Waals surface area contributed by atoms with E-state index in [4.69, 9.17) is 0 Å². The molecule has 2 N–H and O–H groups in total. The maximum atomic E-state index is 11.0. The summed E-state index contributed by atoms with van der Waals surface area (Å²) in [5.74, 6) is 0.0908. The highest BCUT2D eigenvalue weighted by molar-refractivity contribution is 5.94. The van der Waals surface area contributed by atoms with Crippen molar-refractivity contribution in [1.82, 2.24) is 5.32 Å². The second-order valence-electron chi connectivity index (χ2n) is 2.84. The van der Waals surface area contributed by atoms with Crippen molar-refractivity contribution in [1.29, 1.82) is 0 Å². The molecule has 0 radical (unpaired) electrons. The third-order valence-electron chi connectivity index (χ3n) is 1.74. The summed E-state index contributed by atoms with van der Waals surface area (Å²) in [4.78, 5) is 11.0. The zero-order chi connectivity index (χ0) is 9.68. The number of rotatable bonds is 4. The minimum Gasteiger partial charge on any atom is -0.372 e. The Kier molecular flexibility index (Phi) is 3.46. The van der Waals surface area contributed by atoms with Crippen LogP contribution in [-0.2, 0) is 0 Å². The summed E-state index contributed by atoms with van der Waals surface area (Å²) in [6.45, 7) is 2.26. The van der Waals surface area contributed by atoms with E-state index in [2.05, 4.69) is 10.6 Å². The van der Waals surface area contributed by atoms with Gasteiger partial charge in [-0.3, -0.25) is 4.79 Å². The first-order valence-corrected chi connectivity index (χ1v) is 4.23. The molecule has 0 aromatic heterocycles. The minimum absolute atomic E-state index is 0.0908. The molecule has 0 amide bonds. The molecule has 1 aromatic carbocycles. The van der Waals surface area contributed by atoms with Crippen LogP contribution in [0.25, 0.3) is 0 Å². The highest BCUT2D eigenvalue weighted by Gasteiger charge is 1.98. The lowest BCUT2D eigenvalue weighted by Crippen LogP contribution is -2.16. The van der Waals surface area contributed by atoms with Gasteiger partial charge in [-0.05, 0) is 26.1 Å². The summed E-state index contributed by atoms with van der Waals surface area (Å²) in [5, 5.41) is 6.10. The van der Waals surface area contributed by atoms with Gasteiger partial charge >= 0.3 is 0 Å². The quantitative estimate of drug-likeness (QED) is 0.542. The predicted octanol–water partition coefficient (Wildman–Crippen LogP) is 1.48. The van der Waals surface area contributed by atoms with Gasteiger partial charge in [0.25, 0.3) is 0 Å². The van der Waals surface area contributed by atoms with Crippen LogP contribution in [0.1, 0.15) is 17.3 Å². The van der Waals surface area contributed by atoms with Gasteiger partial charge in [-0.15, -0.1) is 0 Å². The van der Waals surface area contributed by atoms with Gasteiger partial charge in [-0.2, -0.15) is 0 Å².